The molecule has 122 valence electrons. The fraction of sp³-hybridized carbons (Fsp3) is 0.812. The van der Waals surface area contributed by atoms with E-state index in [2.05, 4.69) is 0 Å². The highest BCUT2D eigenvalue weighted by molar-refractivity contribution is 5.81. The van der Waals surface area contributed by atoms with Gasteiger partial charge in [-0.25, -0.2) is 0 Å². The Bertz CT molecular complexity index is 509. The van der Waals surface area contributed by atoms with Gasteiger partial charge in [-0.1, -0.05) is 0 Å². The van der Waals surface area contributed by atoms with Crippen LogP contribution in [0.1, 0.15) is 57.8 Å². The lowest BCUT2D eigenvalue weighted by atomic mass is 9.39. The number of aliphatic carboxylic acids is 3. The predicted molar refractivity (Wildman–Crippen MR) is 75.2 cm³/mol. The van der Waals surface area contributed by atoms with E-state index in [0.29, 0.717) is 38.5 Å². The number of carboxylic acid groups (broad SMARTS) is 3. The van der Waals surface area contributed by atoms with Crippen LogP contribution >= 0.6 is 0 Å². The molecule has 0 aromatic heterocycles. The Morgan fingerprint density at radius 1 is 0.864 bits per heavy atom. The largest absolute Gasteiger partial charge is 0.481 e. The maximum atomic E-state index is 11.9. The van der Waals surface area contributed by atoms with Crippen molar-refractivity contribution in [2.24, 2.45) is 22.2 Å². The Kier molecular flexibility index (Phi) is 3.27. The van der Waals surface area contributed by atoms with Crippen LogP contribution in [0.25, 0.3) is 0 Å². The summed E-state index contributed by atoms with van der Waals surface area (Å²) in [6.45, 7) is 0. The Morgan fingerprint density at radius 3 is 1.86 bits per heavy atom. The molecule has 0 spiro atoms. The molecule has 2 unspecified atom stereocenters. The smallest absolute Gasteiger partial charge is 0.309 e. The van der Waals surface area contributed by atoms with Crippen molar-refractivity contribution in [2.75, 3.05) is 0 Å². The maximum absolute atomic E-state index is 11.9. The fourth-order valence-corrected chi connectivity index (χ4v) is 6.01. The topological polar surface area (TPSA) is 112 Å². The number of carboxylic acids is 3. The zero-order valence-corrected chi connectivity index (χ0v) is 12.5. The van der Waals surface area contributed by atoms with Gasteiger partial charge in [0.2, 0.25) is 0 Å². The normalized spacial score (nSPS) is 42.3. The molecule has 2 atom stereocenters. The van der Waals surface area contributed by atoms with Crippen molar-refractivity contribution in [1.29, 1.82) is 0 Å². The summed E-state index contributed by atoms with van der Waals surface area (Å²) in [5.74, 6) is -2.45. The molecule has 0 radical (unpaired) electrons. The van der Waals surface area contributed by atoms with E-state index in [-0.39, 0.29) is 24.2 Å². The lowest BCUT2D eigenvalue weighted by molar-refractivity contribution is -0.203. The maximum Gasteiger partial charge on any atom is 0.309 e. The van der Waals surface area contributed by atoms with E-state index >= 15 is 0 Å². The summed E-state index contributed by atoms with van der Waals surface area (Å²) in [7, 11) is 0. The Morgan fingerprint density at radius 2 is 1.41 bits per heavy atom. The van der Waals surface area contributed by atoms with Crippen molar-refractivity contribution in [2.45, 2.75) is 57.8 Å². The van der Waals surface area contributed by atoms with Crippen LogP contribution in [0.15, 0.2) is 0 Å². The first-order chi connectivity index (χ1) is 10.2. The summed E-state index contributed by atoms with van der Waals surface area (Å²) in [6, 6.07) is 0. The number of rotatable bonds is 6. The van der Waals surface area contributed by atoms with Crippen molar-refractivity contribution in [3.05, 3.63) is 0 Å². The van der Waals surface area contributed by atoms with Crippen LogP contribution in [0.4, 0.5) is 0 Å². The lowest BCUT2D eigenvalue weighted by Crippen LogP contribution is -2.61. The third-order valence-corrected chi connectivity index (χ3v) is 6.19. The highest BCUT2D eigenvalue weighted by Crippen LogP contribution is 2.71. The summed E-state index contributed by atoms with van der Waals surface area (Å²) in [5.41, 5.74) is -2.13. The van der Waals surface area contributed by atoms with Crippen LogP contribution < -0.4 is 0 Å². The quantitative estimate of drug-likeness (QED) is 0.694. The molecule has 4 rings (SSSR count). The first-order valence-electron chi connectivity index (χ1n) is 7.90. The van der Waals surface area contributed by atoms with E-state index in [1.165, 1.54) is 0 Å². The van der Waals surface area contributed by atoms with Crippen molar-refractivity contribution in [3.8, 4) is 0 Å². The molecule has 0 aromatic carbocycles. The van der Waals surface area contributed by atoms with E-state index in [1.807, 2.05) is 0 Å². The molecular weight excluding hydrogens is 288 g/mol. The minimum absolute atomic E-state index is 0.0621. The van der Waals surface area contributed by atoms with Crippen LogP contribution in [0.5, 0.6) is 0 Å². The molecule has 0 aliphatic heterocycles. The Labute approximate surface area is 128 Å². The highest BCUT2D eigenvalue weighted by atomic mass is 16.4. The van der Waals surface area contributed by atoms with Gasteiger partial charge < -0.3 is 15.3 Å². The van der Waals surface area contributed by atoms with Crippen LogP contribution in [0.3, 0.4) is 0 Å². The molecule has 6 heteroatoms. The van der Waals surface area contributed by atoms with E-state index in [1.54, 1.807) is 0 Å². The van der Waals surface area contributed by atoms with Gasteiger partial charge in [0, 0.05) is 6.42 Å². The molecule has 0 aromatic rings. The number of carbonyl (C=O) groups is 3. The van der Waals surface area contributed by atoms with Gasteiger partial charge in [0.05, 0.1) is 10.8 Å². The molecule has 0 heterocycles. The molecule has 4 bridgehead atoms. The molecule has 3 N–H and O–H groups in total. The average molecular weight is 310 g/mol. The zero-order chi connectivity index (χ0) is 16.2. The van der Waals surface area contributed by atoms with Gasteiger partial charge in [-0.2, -0.15) is 0 Å². The standard InChI is InChI=1S/C16H22O6/c17-11(18)2-1-3-14-4-10-5-15(7-14,12(19)20)9-16(6-10,8-14)13(21)22/h10H,1-9H2,(H,17,18)(H,19,20)(H,21,22). The van der Waals surface area contributed by atoms with Crippen LogP contribution in [-0.4, -0.2) is 33.2 Å². The van der Waals surface area contributed by atoms with Gasteiger partial charge in [0.1, 0.15) is 0 Å². The summed E-state index contributed by atoms with van der Waals surface area (Å²) >= 11 is 0. The van der Waals surface area contributed by atoms with Crippen LogP contribution in [-0.2, 0) is 14.4 Å². The third kappa shape index (κ3) is 2.20. The van der Waals surface area contributed by atoms with Crippen LogP contribution in [0, 0.1) is 22.2 Å². The summed E-state index contributed by atoms with van der Waals surface area (Å²) in [5, 5.41) is 28.2. The van der Waals surface area contributed by atoms with Crippen molar-refractivity contribution in [1.82, 2.24) is 0 Å². The predicted octanol–water partition coefficient (Wildman–Crippen LogP) is 2.37. The zero-order valence-electron chi connectivity index (χ0n) is 12.5. The van der Waals surface area contributed by atoms with Gasteiger partial charge in [-0.05, 0) is 62.7 Å². The monoisotopic (exact) mass is 310 g/mol. The van der Waals surface area contributed by atoms with E-state index in [9.17, 15) is 24.6 Å². The second-order valence-corrected chi connectivity index (χ2v) is 7.93. The van der Waals surface area contributed by atoms with E-state index in [4.69, 9.17) is 5.11 Å². The first kappa shape index (κ1) is 15.3. The van der Waals surface area contributed by atoms with Gasteiger partial charge in [0.25, 0.3) is 0 Å². The molecule has 0 saturated heterocycles. The molecule has 6 nitrogen and oxygen atoms in total. The number of hydrogen-bond donors (Lipinski definition) is 3. The fourth-order valence-electron chi connectivity index (χ4n) is 6.01. The molecule has 4 aliphatic carbocycles. The van der Waals surface area contributed by atoms with Crippen molar-refractivity contribution < 1.29 is 29.7 Å². The van der Waals surface area contributed by atoms with Gasteiger partial charge in [-0.3, -0.25) is 14.4 Å². The third-order valence-electron chi connectivity index (χ3n) is 6.19. The summed E-state index contributed by atoms with van der Waals surface area (Å²) < 4.78 is 0. The number of hydrogen-bond acceptors (Lipinski definition) is 3. The van der Waals surface area contributed by atoms with E-state index in [0.717, 1.165) is 6.42 Å². The summed E-state index contributed by atoms with van der Waals surface area (Å²) in [4.78, 5) is 34.4. The molecule has 4 aliphatic rings. The minimum atomic E-state index is -0.916. The second-order valence-electron chi connectivity index (χ2n) is 7.93. The molecule has 0 amide bonds. The molecule has 22 heavy (non-hydrogen) atoms. The lowest BCUT2D eigenvalue weighted by Gasteiger charge is -2.64. The SMILES string of the molecule is O=C(O)CCCC12CC3CC(C(=O)O)(C1)CC(C(=O)O)(C3)C2. The molecular formula is C16H22O6. The summed E-state index contributed by atoms with van der Waals surface area (Å²) in [6.07, 6.45) is 4.47. The van der Waals surface area contributed by atoms with Gasteiger partial charge in [0.15, 0.2) is 0 Å². The second kappa shape index (κ2) is 4.70. The van der Waals surface area contributed by atoms with Crippen molar-refractivity contribution >= 4 is 17.9 Å². The van der Waals surface area contributed by atoms with Gasteiger partial charge in [-0.15, -0.1) is 0 Å². The molecule has 4 saturated carbocycles. The van der Waals surface area contributed by atoms with Crippen LogP contribution in [0.2, 0.25) is 0 Å². The molecule has 4 fully saturated rings. The van der Waals surface area contributed by atoms with E-state index < -0.39 is 28.7 Å². The minimum Gasteiger partial charge on any atom is -0.481 e. The van der Waals surface area contributed by atoms with Crippen molar-refractivity contribution in [3.63, 3.8) is 0 Å². The van der Waals surface area contributed by atoms with Gasteiger partial charge >= 0.3 is 17.9 Å². The Hall–Kier alpha value is -1.59. The average Bonchev–Trinajstić information content (AvgIpc) is 2.35. The highest BCUT2D eigenvalue weighted by Gasteiger charge is 2.67. The Balaban J connectivity index is 1.90. The first-order valence-corrected chi connectivity index (χ1v) is 7.90.